The Morgan fingerprint density at radius 2 is 0.770 bits per heavy atom. The average molecular weight is 893 g/mol. The summed E-state index contributed by atoms with van der Waals surface area (Å²) in [5.74, 6) is 1.90. The van der Waals surface area contributed by atoms with Crippen LogP contribution in [0.5, 0.6) is 11.5 Å². The summed E-state index contributed by atoms with van der Waals surface area (Å²) in [6.07, 6.45) is 38.5. The maximum Gasteiger partial charge on any atom is 0.522 e. The van der Waals surface area contributed by atoms with E-state index in [1.807, 2.05) is 0 Å². The molecule has 0 spiro atoms. The van der Waals surface area contributed by atoms with Crippen LogP contribution in [0.25, 0.3) is 22.3 Å². The van der Waals surface area contributed by atoms with E-state index in [4.69, 9.17) is 35.1 Å². The smallest absolute Gasteiger partial charge is 0.494 e. The zero-order valence-electron chi connectivity index (χ0n) is 37.6. The van der Waals surface area contributed by atoms with E-state index in [1.165, 1.54) is 178 Å². The number of thiol groups is 1. The Morgan fingerprint density at radius 3 is 1.08 bits per heavy atom. The molecule has 3 rings (SSSR count). The van der Waals surface area contributed by atoms with Gasteiger partial charge in [-0.3, -0.25) is 4.55 Å². The quantitative estimate of drug-likeness (QED) is 0.0270. The molecule has 0 heterocycles. The predicted octanol–water partition coefficient (Wildman–Crippen LogP) is 17.4. The van der Waals surface area contributed by atoms with Crippen LogP contribution in [0.4, 0.5) is 13.2 Å². The second-order valence-corrected chi connectivity index (χ2v) is 18.5. The standard InChI is InChI=1S/C50H78O2S.CHF3O3S/c1-3-5-7-9-11-13-15-17-19-21-23-25-27-29-42-51-46-38-34-44(35-39-46)48-32-31-33-49(53)50(48)45-36-40-47(41-37-45)52-43-30-28-26-24-22-20-18-16-14-12-10-8-6-4-2;2-1(3,4)8(5,6)7/h31-41,53H,3-30,42-43H2,1-2H3;(H,5,6,7). The molecule has 1 N–H and O–H groups in total. The molecule has 0 amide bonds. The van der Waals surface area contributed by atoms with Crippen molar-refractivity contribution in [3.05, 3.63) is 66.7 Å². The minimum atomic E-state index is -5.84. The van der Waals surface area contributed by atoms with Crippen LogP contribution < -0.4 is 9.47 Å². The van der Waals surface area contributed by atoms with Gasteiger partial charge in [-0.2, -0.15) is 21.6 Å². The monoisotopic (exact) mass is 893 g/mol. The summed E-state index contributed by atoms with van der Waals surface area (Å²) in [5.41, 5.74) is -0.851. The van der Waals surface area contributed by atoms with Crippen molar-refractivity contribution in [2.75, 3.05) is 13.2 Å². The predicted molar refractivity (Wildman–Crippen MR) is 254 cm³/mol. The molecule has 0 saturated heterocycles. The summed E-state index contributed by atoms with van der Waals surface area (Å²) in [4.78, 5) is 0.983. The molecule has 5 nitrogen and oxygen atoms in total. The first-order valence-corrected chi connectivity index (χ1v) is 25.7. The zero-order chi connectivity index (χ0) is 44.4. The number of hydrogen-bond donors (Lipinski definition) is 2. The highest BCUT2D eigenvalue weighted by atomic mass is 32.2. The Balaban J connectivity index is 0.00000145. The molecule has 10 heteroatoms. The third-order valence-corrected chi connectivity index (χ3v) is 12.1. The molecule has 0 fully saturated rings. The molecule has 0 saturated carbocycles. The van der Waals surface area contributed by atoms with Gasteiger partial charge in [-0.15, -0.1) is 12.6 Å². The molecular formula is C51H79F3O5S2. The van der Waals surface area contributed by atoms with Gasteiger partial charge in [-0.05, 0) is 59.9 Å². The van der Waals surface area contributed by atoms with Crippen molar-refractivity contribution in [1.82, 2.24) is 0 Å². The highest BCUT2D eigenvalue weighted by Gasteiger charge is 2.44. The second-order valence-electron chi connectivity index (χ2n) is 16.6. The van der Waals surface area contributed by atoms with Gasteiger partial charge < -0.3 is 9.47 Å². The highest BCUT2D eigenvalue weighted by Crippen LogP contribution is 2.38. The molecule has 0 aliphatic carbocycles. The molecule has 0 radical (unpaired) electrons. The van der Waals surface area contributed by atoms with Crippen molar-refractivity contribution in [1.29, 1.82) is 0 Å². The molecule has 3 aromatic rings. The molecule has 0 aromatic heterocycles. The largest absolute Gasteiger partial charge is 0.522 e. The molecule has 346 valence electrons. The first-order valence-electron chi connectivity index (χ1n) is 23.8. The zero-order valence-corrected chi connectivity index (χ0v) is 39.3. The van der Waals surface area contributed by atoms with Crippen LogP contribution in [0.2, 0.25) is 0 Å². The minimum absolute atomic E-state index is 0.791. The lowest BCUT2D eigenvalue weighted by Crippen LogP contribution is -2.21. The van der Waals surface area contributed by atoms with Crippen molar-refractivity contribution < 1.29 is 35.6 Å². The first-order chi connectivity index (χ1) is 29.5. The molecule has 0 bridgehead atoms. The van der Waals surface area contributed by atoms with Gasteiger partial charge in [0.1, 0.15) is 11.5 Å². The number of alkyl halides is 3. The van der Waals surface area contributed by atoms with Crippen molar-refractivity contribution in [3.63, 3.8) is 0 Å². The SMILES string of the molecule is CCCCCCCCCCCCCCCCOc1ccc(-c2cccc(S)c2-c2ccc(OCCCCCCCCCCCCCCCC)cc2)cc1.O=S(=O)(O)C(F)(F)F. The lowest BCUT2D eigenvalue weighted by molar-refractivity contribution is -0.0510. The lowest BCUT2D eigenvalue weighted by atomic mass is 9.94. The van der Waals surface area contributed by atoms with Gasteiger partial charge in [0, 0.05) is 10.5 Å². The summed E-state index contributed by atoms with van der Waals surface area (Å²) in [7, 11) is -5.84. The number of unbranched alkanes of at least 4 members (excludes halogenated alkanes) is 26. The van der Waals surface area contributed by atoms with Gasteiger partial charge in [-0.1, -0.05) is 217 Å². The van der Waals surface area contributed by atoms with E-state index in [9.17, 15) is 13.2 Å². The Hall–Kier alpha value is -2.69. The minimum Gasteiger partial charge on any atom is -0.494 e. The summed E-state index contributed by atoms with van der Waals surface area (Å²) in [5, 5.41) is 0. The van der Waals surface area contributed by atoms with Crippen LogP contribution in [0.3, 0.4) is 0 Å². The van der Waals surface area contributed by atoms with Gasteiger partial charge in [0.15, 0.2) is 0 Å². The van der Waals surface area contributed by atoms with Crippen LogP contribution in [0, 0.1) is 0 Å². The number of hydrogen-bond acceptors (Lipinski definition) is 5. The molecule has 0 aliphatic heterocycles. The van der Waals surface area contributed by atoms with Crippen LogP contribution in [0.15, 0.2) is 71.6 Å². The van der Waals surface area contributed by atoms with Crippen LogP contribution >= 0.6 is 12.6 Å². The molecule has 0 atom stereocenters. The Bertz CT molecular complexity index is 1610. The number of rotatable bonds is 34. The van der Waals surface area contributed by atoms with Crippen LogP contribution in [-0.4, -0.2) is 31.7 Å². The number of ether oxygens (including phenoxy) is 2. The van der Waals surface area contributed by atoms with Crippen LogP contribution in [0.1, 0.15) is 194 Å². The van der Waals surface area contributed by atoms with Gasteiger partial charge in [-0.25, -0.2) is 0 Å². The third-order valence-electron chi connectivity index (χ3n) is 11.2. The normalized spacial score (nSPS) is 11.7. The molecule has 0 aliphatic rings. The molecular weight excluding hydrogens is 814 g/mol. The van der Waals surface area contributed by atoms with Crippen LogP contribution in [-0.2, 0) is 10.1 Å². The van der Waals surface area contributed by atoms with E-state index in [2.05, 4.69) is 80.6 Å². The van der Waals surface area contributed by atoms with E-state index < -0.39 is 15.6 Å². The van der Waals surface area contributed by atoms with E-state index in [0.29, 0.717) is 0 Å². The fourth-order valence-corrected chi connectivity index (χ4v) is 7.84. The third kappa shape index (κ3) is 25.9. The van der Waals surface area contributed by atoms with E-state index >= 15 is 0 Å². The topological polar surface area (TPSA) is 72.8 Å². The molecule has 3 aromatic carbocycles. The summed E-state index contributed by atoms with van der Waals surface area (Å²) < 4.78 is 69.8. The summed E-state index contributed by atoms with van der Waals surface area (Å²) in [6, 6.07) is 23.5. The fraction of sp³-hybridized carbons (Fsp3) is 0.647. The van der Waals surface area contributed by atoms with Gasteiger partial charge in [0.25, 0.3) is 0 Å². The Kier molecular flexibility index (Phi) is 30.2. The van der Waals surface area contributed by atoms with Crippen molar-refractivity contribution in [2.45, 2.75) is 204 Å². The average Bonchev–Trinajstić information content (AvgIpc) is 3.23. The fourth-order valence-electron chi connectivity index (χ4n) is 7.51. The summed E-state index contributed by atoms with van der Waals surface area (Å²) >= 11 is 4.88. The van der Waals surface area contributed by atoms with Crippen molar-refractivity contribution in [2.24, 2.45) is 0 Å². The van der Waals surface area contributed by atoms with E-state index in [0.717, 1.165) is 53.6 Å². The van der Waals surface area contributed by atoms with E-state index in [-0.39, 0.29) is 0 Å². The van der Waals surface area contributed by atoms with E-state index in [1.54, 1.807) is 0 Å². The Labute approximate surface area is 374 Å². The molecule has 0 unspecified atom stereocenters. The molecule has 61 heavy (non-hydrogen) atoms. The maximum absolute atomic E-state index is 10.7. The van der Waals surface area contributed by atoms with Crippen molar-refractivity contribution in [3.8, 4) is 33.8 Å². The lowest BCUT2D eigenvalue weighted by Gasteiger charge is -2.14. The van der Waals surface area contributed by atoms with Gasteiger partial charge >= 0.3 is 15.6 Å². The summed E-state index contributed by atoms with van der Waals surface area (Å²) in [6.45, 7) is 6.17. The van der Waals surface area contributed by atoms with Gasteiger partial charge in [0.2, 0.25) is 0 Å². The highest BCUT2D eigenvalue weighted by molar-refractivity contribution is 7.86. The second kappa shape index (κ2) is 33.8. The number of halogens is 3. The van der Waals surface area contributed by atoms with Crippen molar-refractivity contribution >= 4 is 22.7 Å². The first kappa shape index (κ1) is 54.4. The van der Waals surface area contributed by atoms with Gasteiger partial charge in [0.05, 0.1) is 13.2 Å². The number of benzene rings is 3. The Morgan fingerprint density at radius 1 is 0.475 bits per heavy atom. The maximum atomic E-state index is 10.7.